The van der Waals surface area contributed by atoms with Gasteiger partial charge in [-0.25, -0.2) is 9.90 Å². The summed E-state index contributed by atoms with van der Waals surface area (Å²) in [5, 5.41) is 11.7. The average molecular weight is 386 g/mol. The Kier molecular flexibility index (Phi) is 4.30. The maximum absolute atomic E-state index is 11.6. The second kappa shape index (κ2) is 6.10. The van der Waals surface area contributed by atoms with Gasteiger partial charge in [-0.05, 0) is 104 Å². The van der Waals surface area contributed by atoms with Gasteiger partial charge in [-0.2, -0.15) is 0 Å². The Morgan fingerprint density at radius 2 is 1.56 bits per heavy atom. The van der Waals surface area contributed by atoms with Gasteiger partial charge in [0, 0.05) is 0 Å². The van der Waals surface area contributed by atoms with Crippen LogP contribution in [-0.2, 0) is 10.5 Å². The molecule has 0 heterocycles. The van der Waals surface area contributed by atoms with Crippen LogP contribution < -0.4 is 4.43 Å². The zero-order valence-electron chi connectivity index (χ0n) is 17.4. The first-order valence-corrected chi connectivity index (χ1v) is 13.4. The fourth-order valence-electron chi connectivity index (χ4n) is 6.03. The van der Waals surface area contributed by atoms with E-state index >= 15 is 0 Å². The summed E-state index contributed by atoms with van der Waals surface area (Å²) < 4.78 is 6.75. The highest BCUT2D eigenvalue weighted by Gasteiger charge is 2.53. The first-order valence-electron chi connectivity index (χ1n) is 10.5. The van der Waals surface area contributed by atoms with E-state index in [1.54, 1.807) is 6.07 Å². The van der Waals surface area contributed by atoms with Crippen LogP contribution in [0.15, 0.2) is 18.2 Å². The van der Waals surface area contributed by atoms with Crippen LogP contribution in [0, 0.1) is 17.8 Å². The van der Waals surface area contributed by atoms with E-state index in [0.717, 1.165) is 29.1 Å². The van der Waals surface area contributed by atoms with Gasteiger partial charge in [0.05, 0.1) is 5.56 Å². The van der Waals surface area contributed by atoms with Crippen molar-refractivity contribution in [3.05, 3.63) is 29.3 Å². The second-order valence-corrected chi connectivity index (χ2v) is 15.8. The summed E-state index contributed by atoms with van der Waals surface area (Å²) in [6, 6.07) is 5.48. The Morgan fingerprint density at radius 1 is 1.04 bits per heavy atom. The fourth-order valence-corrected chi connectivity index (χ4v) is 7.06. The lowest BCUT2D eigenvalue weighted by Gasteiger charge is -2.57. The molecule has 4 aliphatic carbocycles. The highest BCUT2D eigenvalue weighted by atomic mass is 28.4. The van der Waals surface area contributed by atoms with Crippen LogP contribution in [0.3, 0.4) is 0 Å². The minimum absolute atomic E-state index is 0.109. The minimum Gasteiger partial charge on any atom is -0.543 e. The molecule has 147 valence electrons. The Morgan fingerprint density at radius 3 is 2.00 bits per heavy atom. The average Bonchev–Trinajstić information content (AvgIpc) is 2.52. The van der Waals surface area contributed by atoms with E-state index in [-0.39, 0.29) is 10.5 Å². The zero-order chi connectivity index (χ0) is 19.6. The molecule has 4 heteroatoms. The maximum Gasteiger partial charge on any atom is 0.386 e. The van der Waals surface area contributed by atoms with Crippen molar-refractivity contribution in [3.63, 3.8) is 0 Å². The van der Waals surface area contributed by atoms with E-state index < -0.39 is 14.3 Å². The Bertz CT molecular complexity index is 724. The molecule has 1 aromatic rings. The van der Waals surface area contributed by atoms with Crippen molar-refractivity contribution in [1.82, 2.24) is 0 Å². The Hall–Kier alpha value is -1.29. The van der Waals surface area contributed by atoms with Gasteiger partial charge in [0.25, 0.3) is 0 Å². The summed E-state index contributed by atoms with van der Waals surface area (Å²) in [6.07, 6.45) is 7.71. The SMILES string of the molecule is CC(C)(C)[Si](C)(C)Oc1ccc(C([O])=O)cc1C12CC3CC(CC(C3)C1)C2. The van der Waals surface area contributed by atoms with Gasteiger partial charge in [0.15, 0.2) is 0 Å². The molecule has 1 radical (unpaired) electrons. The molecule has 3 nitrogen and oxygen atoms in total. The highest BCUT2D eigenvalue weighted by molar-refractivity contribution is 6.74. The van der Waals surface area contributed by atoms with E-state index in [2.05, 4.69) is 33.9 Å². The normalized spacial score (nSPS) is 32.6. The van der Waals surface area contributed by atoms with Gasteiger partial charge < -0.3 is 4.43 Å². The van der Waals surface area contributed by atoms with Crippen LogP contribution >= 0.6 is 0 Å². The molecular formula is C23H33O3Si. The summed E-state index contributed by atoms with van der Waals surface area (Å²) in [5.41, 5.74) is 1.56. The minimum atomic E-state index is -2.00. The van der Waals surface area contributed by atoms with Crippen molar-refractivity contribution in [2.75, 3.05) is 0 Å². The molecule has 0 spiro atoms. The van der Waals surface area contributed by atoms with Gasteiger partial charge >= 0.3 is 5.97 Å². The number of rotatable bonds is 4. The van der Waals surface area contributed by atoms with E-state index in [1.807, 2.05) is 12.1 Å². The molecule has 0 saturated heterocycles. The van der Waals surface area contributed by atoms with Gasteiger partial charge in [0.1, 0.15) is 5.75 Å². The number of hydrogen-bond donors (Lipinski definition) is 0. The summed E-state index contributed by atoms with van der Waals surface area (Å²) in [4.78, 5) is 11.6. The quantitative estimate of drug-likeness (QED) is 0.587. The largest absolute Gasteiger partial charge is 0.543 e. The van der Waals surface area contributed by atoms with Gasteiger partial charge in [-0.15, -0.1) is 0 Å². The third-order valence-electron chi connectivity index (χ3n) is 8.00. The number of benzene rings is 1. The highest BCUT2D eigenvalue weighted by Crippen LogP contribution is 2.62. The lowest BCUT2D eigenvalue weighted by molar-refractivity contribution is -0.00590. The molecular weight excluding hydrogens is 352 g/mol. The fraction of sp³-hybridized carbons (Fsp3) is 0.696. The van der Waals surface area contributed by atoms with Crippen molar-refractivity contribution in [2.45, 2.75) is 82.8 Å². The van der Waals surface area contributed by atoms with E-state index in [0.29, 0.717) is 5.56 Å². The molecule has 0 aromatic heterocycles. The lowest BCUT2D eigenvalue weighted by atomic mass is 9.48. The summed E-state index contributed by atoms with van der Waals surface area (Å²) in [5.74, 6) is 2.28. The second-order valence-electron chi connectivity index (χ2n) is 11.1. The first-order chi connectivity index (χ1) is 12.5. The van der Waals surface area contributed by atoms with Crippen molar-refractivity contribution in [1.29, 1.82) is 0 Å². The molecule has 0 N–H and O–H groups in total. The molecule has 4 bridgehead atoms. The Labute approximate surface area is 164 Å². The van der Waals surface area contributed by atoms with Crippen LogP contribution in [0.1, 0.15) is 75.2 Å². The van der Waals surface area contributed by atoms with Crippen molar-refractivity contribution in [2.24, 2.45) is 17.8 Å². The summed E-state index contributed by atoms with van der Waals surface area (Å²) in [6.45, 7) is 11.3. The van der Waals surface area contributed by atoms with Crippen molar-refractivity contribution >= 4 is 14.3 Å². The van der Waals surface area contributed by atoms with Crippen LogP contribution in [0.2, 0.25) is 18.1 Å². The topological polar surface area (TPSA) is 46.2 Å². The van der Waals surface area contributed by atoms with Gasteiger partial charge in [-0.1, -0.05) is 20.8 Å². The van der Waals surface area contributed by atoms with Crippen LogP contribution in [0.5, 0.6) is 5.75 Å². The number of carbonyl (C=O) groups is 1. The molecule has 27 heavy (non-hydrogen) atoms. The monoisotopic (exact) mass is 385 g/mol. The van der Waals surface area contributed by atoms with Gasteiger partial charge in [-0.3, -0.25) is 0 Å². The third-order valence-corrected chi connectivity index (χ3v) is 12.3. The molecule has 4 saturated carbocycles. The van der Waals surface area contributed by atoms with E-state index in [9.17, 15) is 9.90 Å². The molecule has 4 fully saturated rings. The maximum atomic E-state index is 11.6. The predicted octanol–water partition coefficient (Wildman–Crippen LogP) is 6.11. The molecule has 0 atom stereocenters. The van der Waals surface area contributed by atoms with Crippen LogP contribution in [-0.4, -0.2) is 14.3 Å². The molecule has 5 rings (SSSR count). The summed E-state index contributed by atoms with van der Waals surface area (Å²) >= 11 is 0. The third kappa shape index (κ3) is 3.24. The van der Waals surface area contributed by atoms with Crippen LogP contribution in [0.4, 0.5) is 0 Å². The van der Waals surface area contributed by atoms with Crippen molar-refractivity contribution < 1.29 is 14.3 Å². The Balaban J connectivity index is 1.79. The smallest absolute Gasteiger partial charge is 0.386 e. The first kappa shape index (κ1) is 19.0. The van der Waals surface area contributed by atoms with E-state index in [1.165, 1.54) is 38.5 Å². The molecule has 4 aliphatic rings. The number of hydrogen-bond acceptors (Lipinski definition) is 2. The molecule has 0 aliphatic heterocycles. The van der Waals surface area contributed by atoms with Crippen molar-refractivity contribution in [3.8, 4) is 5.75 Å². The number of carbonyl (C=O) groups excluding carboxylic acids is 1. The van der Waals surface area contributed by atoms with E-state index in [4.69, 9.17) is 4.43 Å². The summed E-state index contributed by atoms with van der Waals surface area (Å²) in [7, 11) is -2.00. The molecule has 0 amide bonds. The molecule has 0 unspecified atom stereocenters. The zero-order valence-corrected chi connectivity index (χ0v) is 18.4. The molecule has 1 aromatic carbocycles. The lowest BCUT2D eigenvalue weighted by Crippen LogP contribution is -2.49. The predicted molar refractivity (Wildman–Crippen MR) is 109 cm³/mol. The van der Waals surface area contributed by atoms with Gasteiger partial charge in [0.2, 0.25) is 8.32 Å². The van der Waals surface area contributed by atoms with Crippen LogP contribution in [0.25, 0.3) is 0 Å². The standard InChI is InChI=1S/C23H33O3Si/c1-22(2,3)27(4,5)26-20-7-6-18(21(24)25)11-19(20)23-12-15-8-16(13-23)10-17(9-15)14-23/h6-7,11,15-17H,8-10,12-14H2,1-5H3.